The summed E-state index contributed by atoms with van der Waals surface area (Å²) in [7, 11) is -4.36. The number of carbonyl (C=O) groups is 1. The van der Waals surface area contributed by atoms with Crippen LogP contribution in [0, 0.1) is 6.92 Å². The van der Waals surface area contributed by atoms with Gasteiger partial charge in [0, 0.05) is 6.92 Å². The maximum Gasteiger partial charge on any atom is 0.472 e. The van der Waals surface area contributed by atoms with E-state index in [1.54, 1.807) is 42.7 Å². The predicted molar refractivity (Wildman–Crippen MR) is 116 cm³/mol. The van der Waals surface area contributed by atoms with Gasteiger partial charge in [0.05, 0.1) is 25.6 Å². The Morgan fingerprint density at radius 3 is 2.67 bits per heavy atom. The van der Waals surface area contributed by atoms with Crippen molar-refractivity contribution in [1.29, 1.82) is 0 Å². The molecule has 0 aliphatic rings. The van der Waals surface area contributed by atoms with Crippen molar-refractivity contribution in [1.82, 2.24) is 19.5 Å². The van der Waals surface area contributed by atoms with Crippen LogP contribution in [0.4, 0.5) is 0 Å². The highest BCUT2D eigenvalue weighted by Gasteiger charge is 2.27. The van der Waals surface area contributed by atoms with Gasteiger partial charge in [0.15, 0.2) is 11.2 Å². The standard InChI is InChI=1S/C20H25N4O8P/c1-4-17(15-5-7-16(8-6-15)31-14(3)25)32-33(27,28)30-10-9-29-12-24-11-21-18-19(24)22-13(2)23-20(18)26/h5-8,11,17H,4,9-10,12H2,1-3H3,(H,27,28)(H,22,23,26). The summed E-state index contributed by atoms with van der Waals surface area (Å²) in [6.07, 6.45) is 1.14. The number of benzene rings is 1. The van der Waals surface area contributed by atoms with Crippen molar-refractivity contribution in [2.45, 2.75) is 40.0 Å². The summed E-state index contributed by atoms with van der Waals surface area (Å²) in [5.41, 5.74) is 0.857. The molecular weight excluding hydrogens is 455 g/mol. The molecule has 178 valence electrons. The lowest BCUT2D eigenvalue weighted by Gasteiger charge is -2.20. The van der Waals surface area contributed by atoms with E-state index in [1.807, 2.05) is 0 Å². The first-order valence-corrected chi connectivity index (χ1v) is 11.6. The summed E-state index contributed by atoms with van der Waals surface area (Å²) in [5, 5.41) is 0. The highest BCUT2D eigenvalue weighted by molar-refractivity contribution is 7.47. The number of nitrogens with zero attached hydrogens (tertiary/aromatic N) is 3. The number of hydrogen-bond donors (Lipinski definition) is 2. The van der Waals surface area contributed by atoms with Crippen LogP contribution in [0.3, 0.4) is 0 Å². The van der Waals surface area contributed by atoms with E-state index in [0.717, 1.165) is 0 Å². The molecule has 2 unspecified atom stereocenters. The van der Waals surface area contributed by atoms with Crippen molar-refractivity contribution in [3.8, 4) is 5.75 Å². The van der Waals surface area contributed by atoms with Gasteiger partial charge in [-0.1, -0.05) is 19.1 Å². The van der Waals surface area contributed by atoms with Gasteiger partial charge in [-0.25, -0.2) is 14.5 Å². The number of nitrogens with one attached hydrogen (secondary N) is 1. The van der Waals surface area contributed by atoms with Gasteiger partial charge in [-0.05, 0) is 31.0 Å². The van der Waals surface area contributed by atoms with Crippen LogP contribution in [-0.4, -0.2) is 43.6 Å². The Labute approximate surface area is 189 Å². The number of phosphoric ester groups is 1. The Balaban J connectivity index is 1.49. The molecule has 12 nitrogen and oxygen atoms in total. The molecule has 0 amide bonds. The number of fused-ring (bicyclic) bond motifs is 1. The number of phosphoric acid groups is 1. The minimum atomic E-state index is -4.36. The van der Waals surface area contributed by atoms with E-state index in [-0.39, 0.29) is 31.0 Å². The van der Waals surface area contributed by atoms with Crippen LogP contribution in [0.5, 0.6) is 5.75 Å². The van der Waals surface area contributed by atoms with Crippen LogP contribution in [0.2, 0.25) is 0 Å². The van der Waals surface area contributed by atoms with Gasteiger partial charge < -0.3 is 19.4 Å². The first-order chi connectivity index (χ1) is 15.7. The van der Waals surface area contributed by atoms with Gasteiger partial charge >= 0.3 is 13.8 Å². The third-order valence-electron chi connectivity index (χ3n) is 4.45. The van der Waals surface area contributed by atoms with Crippen molar-refractivity contribution in [3.63, 3.8) is 0 Å². The highest BCUT2D eigenvalue weighted by atomic mass is 31.2. The van der Waals surface area contributed by atoms with Gasteiger partial charge in [-0.2, -0.15) is 0 Å². The molecule has 0 spiro atoms. The zero-order valence-corrected chi connectivity index (χ0v) is 19.3. The fourth-order valence-corrected chi connectivity index (χ4v) is 3.97. The van der Waals surface area contributed by atoms with Crippen molar-refractivity contribution < 1.29 is 32.8 Å². The zero-order chi connectivity index (χ0) is 24.0. The maximum absolute atomic E-state index is 12.3. The number of aromatic nitrogens is 4. The molecule has 3 rings (SSSR count). The largest absolute Gasteiger partial charge is 0.472 e. The Kier molecular flexibility index (Phi) is 8.11. The van der Waals surface area contributed by atoms with Crippen LogP contribution in [0.15, 0.2) is 35.4 Å². The van der Waals surface area contributed by atoms with E-state index in [9.17, 15) is 19.0 Å². The lowest BCUT2D eigenvalue weighted by Crippen LogP contribution is -2.12. The number of rotatable bonds is 11. The minimum Gasteiger partial charge on any atom is -0.427 e. The average Bonchev–Trinajstić information content (AvgIpc) is 3.15. The molecular formula is C20H25N4O8P. The monoisotopic (exact) mass is 480 g/mol. The molecule has 0 saturated heterocycles. The second-order valence-corrected chi connectivity index (χ2v) is 8.45. The number of carbonyl (C=O) groups excluding carboxylic acids is 1. The summed E-state index contributed by atoms with van der Waals surface area (Å²) >= 11 is 0. The summed E-state index contributed by atoms with van der Waals surface area (Å²) < 4.78 is 34.6. The van der Waals surface area contributed by atoms with E-state index in [0.29, 0.717) is 29.2 Å². The number of H-pyrrole nitrogens is 1. The normalized spacial score (nSPS) is 14.2. The van der Waals surface area contributed by atoms with Gasteiger partial charge in [-0.3, -0.25) is 23.2 Å². The van der Waals surface area contributed by atoms with Gasteiger partial charge in [0.25, 0.3) is 5.56 Å². The Morgan fingerprint density at radius 1 is 1.27 bits per heavy atom. The SMILES string of the molecule is CCC(OP(=O)(O)OCCOCn1cnc2c(=O)[nH]c(C)nc21)c1ccc(OC(C)=O)cc1. The fraction of sp³-hybridized carbons (Fsp3) is 0.400. The third kappa shape index (κ3) is 6.80. The molecule has 0 aliphatic carbocycles. The minimum absolute atomic E-state index is 0.0103. The summed E-state index contributed by atoms with van der Waals surface area (Å²) in [6.45, 7) is 4.57. The van der Waals surface area contributed by atoms with Gasteiger partial charge in [0.1, 0.15) is 18.3 Å². The number of imidazole rings is 1. The van der Waals surface area contributed by atoms with E-state index in [1.165, 1.54) is 13.3 Å². The number of ether oxygens (including phenoxy) is 2. The number of aromatic amines is 1. The second kappa shape index (κ2) is 10.8. The lowest BCUT2D eigenvalue weighted by atomic mass is 10.1. The molecule has 3 aromatic rings. The summed E-state index contributed by atoms with van der Waals surface area (Å²) in [4.78, 5) is 43.7. The lowest BCUT2D eigenvalue weighted by molar-refractivity contribution is -0.131. The topological polar surface area (TPSA) is 155 Å². The number of esters is 1. The Morgan fingerprint density at radius 2 is 2.00 bits per heavy atom. The molecule has 1 aromatic carbocycles. The molecule has 2 heterocycles. The Hall–Kier alpha value is -2.89. The van der Waals surface area contributed by atoms with E-state index >= 15 is 0 Å². The van der Waals surface area contributed by atoms with E-state index < -0.39 is 19.9 Å². The van der Waals surface area contributed by atoms with Crippen LogP contribution in [-0.2, 0) is 29.9 Å². The average molecular weight is 480 g/mol. The summed E-state index contributed by atoms with van der Waals surface area (Å²) in [6, 6.07) is 6.44. The fourth-order valence-electron chi connectivity index (χ4n) is 3.01. The molecule has 33 heavy (non-hydrogen) atoms. The molecule has 2 atom stereocenters. The van der Waals surface area contributed by atoms with E-state index in [2.05, 4.69) is 15.0 Å². The first kappa shape index (κ1) is 24.7. The number of hydrogen-bond acceptors (Lipinski definition) is 9. The Bertz CT molecular complexity index is 1210. The molecule has 2 N–H and O–H groups in total. The van der Waals surface area contributed by atoms with Gasteiger partial charge in [0.2, 0.25) is 0 Å². The molecule has 0 radical (unpaired) electrons. The molecule has 0 fully saturated rings. The van der Waals surface area contributed by atoms with Crippen molar-refractivity contribution in [2.75, 3.05) is 13.2 Å². The van der Waals surface area contributed by atoms with Crippen LogP contribution in [0.1, 0.15) is 37.8 Å². The first-order valence-electron chi connectivity index (χ1n) is 10.1. The number of aryl methyl sites for hydroxylation is 1. The summed E-state index contributed by atoms with van der Waals surface area (Å²) in [5.74, 6) is 0.368. The smallest absolute Gasteiger partial charge is 0.427 e. The maximum atomic E-state index is 12.3. The molecule has 13 heteroatoms. The van der Waals surface area contributed by atoms with Crippen molar-refractivity contribution in [3.05, 3.63) is 52.3 Å². The van der Waals surface area contributed by atoms with Gasteiger partial charge in [-0.15, -0.1) is 0 Å². The second-order valence-electron chi connectivity index (χ2n) is 7.04. The van der Waals surface area contributed by atoms with Crippen molar-refractivity contribution >= 4 is 25.0 Å². The van der Waals surface area contributed by atoms with E-state index in [4.69, 9.17) is 18.5 Å². The van der Waals surface area contributed by atoms with Crippen LogP contribution < -0.4 is 10.3 Å². The van der Waals surface area contributed by atoms with Crippen molar-refractivity contribution in [2.24, 2.45) is 0 Å². The zero-order valence-electron chi connectivity index (χ0n) is 18.4. The quantitative estimate of drug-likeness (QED) is 0.181. The van der Waals surface area contributed by atoms with Crippen LogP contribution >= 0.6 is 7.82 Å². The molecule has 0 aliphatic heterocycles. The highest BCUT2D eigenvalue weighted by Crippen LogP contribution is 2.48. The molecule has 0 saturated carbocycles. The molecule has 0 bridgehead atoms. The van der Waals surface area contributed by atoms with Crippen LogP contribution in [0.25, 0.3) is 11.2 Å². The third-order valence-corrected chi connectivity index (χ3v) is 5.48. The predicted octanol–water partition coefficient (Wildman–Crippen LogP) is 2.61. The molecule has 2 aromatic heterocycles.